The quantitative estimate of drug-likeness (QED) is 0.511. The monoisotopic (exact) mass is 476 g/mol. The Balaban J connectivity index is 2.68. The van der Waals surface area contributed by atoms with E-state index in [-0.39, 0.29) is 12.0 Å². The van der Waals surface area contributed by atoms with E-state index in [0.717, 1.165) is 9.13 Å². The van der Waals surface area contributed by atoms with E-state index in [1.807, 2.05) is 6.07 Å². The Bertz CT molecular complexity index is 708. The second-order valence-electron chi connectivity index (χ2n) is 5.15. The van der Waals surface area contributed by atoms with Crippen LogP contribution in [0.15, 0.2) is 41.5 Å². The second-order valence-corrected chi connectivity index (χ2v) is 6.88. The van der Waals surface area contributed by atoms with Crippen LogP contribution in [0.2, 0.25) is 0 Å². The van der Waals surface area contributed by atoms with Gasteiger partial charge in [0.05, 0.1) is 0 Å². The Morgan fingerprint density at radius 3 is 2.59 bits per heavy atom. The molecule has 2 rings (SSSR count). The predicted octanol–water partition coefficient (Wildman–Crippen LogP) is 3.87. The number of carboxylic acids is 2. The normalized spacial score (nSPS) is 21.0. The van der Waals surface area contributed by atoms with E-state index in [4.69, 9.17) is 0 Å². The lowest BCUT2D eigenvalue weighted by atomic mass is 9.70. The van der Waals surface area contributed by atoms with E-state index in [9.17, 15) is 19.8 Å². The number of allylic oxidation sites excluding steroid dienone is 2. The Labute approximate surface area is 150 Å². The van der Waals surface area contributed by atoms with Crippen LogP contribution in [0.4, 0.5) is 0 Å². The number of hydrogen-bond acceptors (Lipinski definition) is 2. The average Bonchev–Trinajstić information content (AvgIpc) is 2.47. The second kappa shape index (κ2) is 6.54. The Hall–Kier alpha value is -1.15. The van der Waals surface area contributed by atoms with E-state index in [2.05, 4.69) is 38.5 Å². The van der Waals surface area contributed by atoms with E-state index >= 15 is 0 Å². The van der Waals surface area contributed by atoms with Gasteiger partial charge in [0.2, 0.25) is 0 Å². The van der Waals surface area contributed by atoms with Gasteiger partial charge in [-0.3, -0.25) is 4.79 Å². The number of carbonyl (C=O) groups is 2. The molecule has 0 heterocycles. The fourth-order valence-electron chi connectivity index (χ4n) is 2.65. The number of rotatable bonds is 4. The minimum atomic E-state index is -1.35. The summed E-state index contributed by atoms with van der Waals surface area (Å²) in [4.78, 5) is 23.5. The Kier molecular flexibility index (Phi) is 5.11. The molecule has 4 nitrogen and oxygen atoms in total. The zero-order valence-corrected chi connectivity index (χ0v) is 15.5. The smallest absolute Gasteiger partial charge is 0.331 e. The molecule has 1 aliphatic rings. The van der Waals surface area contributed by atoms with Gasteiger partial charge in [0.1, 0.15) is 5.41 Å². The summed E-state index contributed by atoms with van der Waals surface area (Å²) in [6, 6.07) is 5.46. The van der Waals surface area contributed by atoms with Crippen LogP contribution in [0.3, 0.4) is 0 Å². The lowest BCUT2D eigenvalue weighted by Gasteiger charge is -2.32. The lowest BCUT2D eigenvalue weighted by molar-refractivity contribution is -0.142. The van der Waals surface area contributed by atoms with Crippen LogP contribution >= 0.6 is 38.5 Å². The van der Waals surface area contributed by atoms with Gasteiger partial charge in [-0.1, -0.05) is 40.2 Å². The minimum absolute atomic E-state index is 0.0555. The number of alkyl halides is 1. The van der Waals surface area contributed by atoms with Crippen LogP contribution < -0.4 is 0 Å². The summed E-state index contributed by atoms with van der Waals surface area (Å²) in [7, 11) is 0. The van der Waals surface area contributed by atoms with Crippen molar-refractivity contribution in [2.24, 2.45) is 0 Å². The van der Waals surface area contributed by atoms with Crippen molar-refractivity contribution in [3.05, 3.63) is 56.2 Å². The van der Waals surface area contributed by atoms with Gasteiger partial charge in [-0.2, -0.15) is 0 Å². The van der Waals surface area contributed by atoms with Crippen molar-refractivity contribution < 1.29 is 19.8 Å². The largest absolute Gasteiger partial charge is 0.480 e. The molecule has 22 heavy (non-hydrogen) atoms. The third-order valence-corrected chi connectivity index (χ3v) is 5.49. The Morgan fingerprint density at radius 2 is 2.05 bits per heavy atom. The number of hydrogen-bond donors (Lipinski definition) is 2. The van der Waals surface area contributed by atoms with Gasteiger partial charge in [0.15, 0.2) is 0 Å². The molecule has 0 amide bonds. The molecule has 0 fully saturated rings. The van der Waals surface area contributed by atoms with Crippen LogP contribution in [-0.4, -0.2) is 22.2 Å². The summed E-state index contributed by atoms with van der Waals surface area (Å²) < 4.78 is 0.948. The maximum absolute atomic E-state index is 12.0. The van der Waals surface area contributed by atoms with Crippen LogP contribution in [0.25, 0.3) is 0 Å². The average molecular weight is 477 g/mol. The topological polar surface area (TPSA) is 74.6 Å². The Morgan fingerprint density at radius 1 is 1.36 bits per heavy atom. The third kappa shape index (κ3) is 2.86. The van der Waals surface area contributed by atoms with E-state index < -0.39 is 17.4 Å². The maximum atomic E-state index is 12.0. The first-order valence-corrected chi connectivity index (χ1v) is 8.73. The highest BCUT2D eigenvalue weighted by atomic mass is 127. The van der Waals surface area contributed by atoms with Crippen molar-refractivity contribution in [1.82, 2.24) is 0 Å². The highest BCUT2D eigenvalue weighted by molar-refractivity contribution is 14.1. The summed E-state index contributed by atoms with van der Waals surface area (Å²) in [5.41, 5.74) is 0.891. The molecule has 1 unspecified atom stereocenters. The van der Waals surface area contributed by atoms with Crippen LogP contribution in [0.5, 0.6) is 0 Å². The van der Waals surface area contributed by atoms with Gasteiger partial charge in [-0.05, 0) is 52.3 Å². The molecule has 0 bridgehead atoms. The molecule has 0 radical (unpaired) electrons. The summed E-state index contributed by atoms with van der Waals surface area (Å²) >= 11 is 5.56. The molecule has 0 aliphatic heterocycles. The summed E-state index contributed by atoms with van der Waals surface area (Å²) in [6.07, 6.45) is 3.15. The van der Waals surface area contributed by atoms with Crippen molar-refractivity contribution in [1.29, 1.82) is 0 Å². The summed E-state index contributed by atoms with van der Waals surface area (Å²) in [6.45, 7) is 1.69. The molecule has 0 saturated carbocycles. The fourth-order valence-corrected chi connectivity index (χ4v) is 4.47. The fraction of sp³-hybridized carbons (Fsp3) is 0.250. The van der Waals surface area contributed by atoms with Crippen LogP contribution in [-0.2, 0) is 20.3 Å². The number of carboxylic acid groups (broad SMARTS) is 2. The van der Waals surface area contributed by atoms with Gasteiger partial charge in [-0.15, -0.1) is 0 Å². The van der Waals surface area contributed by atoms with Crippen molar-refractivity contribution in [2.45, 2.75) is 24.1 Å². The predicted molar refractivity (Wildman–Crippen MR) is 95.2 cm³/mol. The molecular weight excluding hydrogens is 463 g/mol. The molecule has 1 aromatic rings. The molecule has 0 spiro atoms. The highest BCUT2D eigenvalue weighted by Crippen LogP contribution is 2.41. The SMILES string of the molecule is CC1=C(C(=O)O)CC(C(=O)O)(c2cccc(I)c2CBr)C=C1. The highest BCUT2D eigenvalue weighted by Gasteiger charge is 2.43. The zero-order valence-electron chi connectivity index (χ0n) is 11.8. The van der Waals surface area contributed by atoms with Crippen molar-refractivity contribution in [3.8, 4) is 0 Å². The minimum Gasteiger partial charge on any atom is -0.480 e. The van der Waals surface area contributed by atoms with E-state index in [0.29, 0.717) is 16.5 Å². The molecule has 1 aromatic carbocycles. The molecule has 116 valence electrons. The molecule has 1 atom stereocenters. The third-order valence-electron chi connectivity index (χ3n) is 3.92. The summed E-state index contributed by atoms with van der Waals surface area (Å²) in [5.74, 6) is -2.11. The van der Waals surface area contributed by atoms with Gasteiger partial charge in [0.25, 0.3) is 0 Å². The molecular formula is C16H14BrIO4. The van der Waals surface area contributed by atoms with Gasteiger partial charge in [0, 0.05) is 20.9 Å². The maximum Gasteiger partial charge on any atom is 0.331 e. The first kappa shape index (κ1) is 17.2. The molecule has 6 heteroatoms. The van der Waals surface area contributed by atoms with Gasteiger partial charge < -0.3 is 10.2 Å². The number of halogens is 2. The van der Waals surface area contributed by atoms with Crippen molar-refractivity contribution in [3.63, 3.8) is 0 Å². The van der Waals surface area contributed by atoms with Crippen LogP contribution in [0.1, 0.15) is 24.5 Å². The van der Waals surface area contributed by atoms with Crippen LogP contribution in [0, 0.1) is 3.57 Å². The standard InChI is InChI=1S/C16H14BrIO4/c1-9-5-6-16(15(21)22,7-10(9)14(19)20)12-3-2-4-13(18)11(12)8-17/h2-6H,7-8H2,1H3,(H,19,20)(H,21,22). The van der Waals surface area contributed by atoms with E-state index in [1.165, 1.54) is 0 Å². The van der Waals surface area contributed by atoms with Gasteiger partial charge >= 0.3 is 11.9 Å². The van der Waals surface area contributed by atoms with Gasteiger partial charge in [-0.25, -0.2) is 4.79 Å². The molecule has 0 saturated heterocycles. The number of aliphatic carboxylic acids is 2. The number of benzene rings is 1. The molecule has 2 N–H and O–H groups in total. The zero-order chi connectivity index (χ0) is 16.5. The van der Waals surface area contributed by atoms with Crippen molar-refractivity contribution in [2.75, 3.05) is 0 Å². The first-order valence-electron chi connectivity index (χ1n) is 6.53. The summed E-state index contributed by atoms with van der Waals surface area (Å²) in [5, 5.41) is 19.7. The van der Waals surface area contributed by atoms with E-state index in [1.54, 1.807) is 31.2 Å². The first-order chi connectivity index (χ1) is 10.3. The molecule has 0 aromatic heterocycles. The lowest BCUT2D eigenvalue weighted by Crippen LogP contribution is -2.38. The van der Waals surface area contributed by atoms with Crippen molar-refractivity contribution >= 4 is 50.5 Å². The molecule has 1 aliphatic carbocycles.